The number of amides is 1. The average Bonchev–Trinajstić information content (AvgIpc) is 2.60. The minimum absolute atomic E-state index is 0.00153. The first-order chi connectivity index (χ1) is 11.6. The molecule has 126 valence electrons. The molecule has 1 atom stereocenters. The molecule has 3 N–H and O–H groups in total. The Morgan fingerprint density at radius 3 is 2.38 bits per heavy atom. The lowest BCUT2D eigenvalue weighted by Crippen LogP contribution is -2.29. The zero-order valence-electron chi connectivity index (χ0n) is 13.0. The molecule has 2 aromatic rings. The van der Waals surface area contributed by atoms with Gasteiger partial charge in [-0.25, -0.2) is 0 Å². The van der Waals surface area contributed by atoms with E-state index in [9.17, 15) is 20.0 Å². The lowest BCUT2D eigenvalue weighted by molar-refractivity contribution is -0.384. The lowest BCUT2D eigenvalue weighted by Gasteiger charge is -2.12. The molecule has 0 aliphatic rings. The van der Waals surface area contributed by atoms with Crippen molar-refractivity contribution in [3.63, 3.8) is 0 Å². The number of carbonyl (C=O) groups is 1. The first-order valence-corrected chi connectivity index (χ1v) is 7.54. The molecule has 1 unspecified atom stereocenters. The summed E-state index contributed by atoms with van der Waals surface area (Å²) in [5.41, 5.74) is 1.47. The molecule has 0 saturated heterocycles. The van der Waals surface area contributed by atoms with Gasteiger partial charge in [0, 0.05) is 30.9 Å². The number of non-ortho nitro benzene ring substituents is 1. The van der Waals surface area contributed by atoms with Crippen molar-refractivity contribution in [3.8, 4) is 0 Å². The summed E-state index contributed by atoms with van der Waals surface area (Å²) >= 11 is 0. The summed E-state index contributed by atoms with van der Waals surface area (Å²) in [6.45, 7) is 0.863. The lowest BCUT2D eigenvalue weighted by atomic mass is 10.1. The van der Waals surface area contributed by atoms with Crippen LogP contribution in [0.1, 0.15) is 18.1 Å². The van der Waals surface area contributed by atoms with E-state index in [-0.39, 0.29) is 18.0 Å². The number of nitrogens with one attached hydrogen (secondary N) is 2. The molecule has 0 aliphatic heterocycles. The van der Waals surface area contributed by atoms with Crippen molar-refractivity contribution in [3.05, 3.63) is 70.3 Å². The van der Waals surface area contributed by atoms with Gasteiger partial charge in [-0.3, -0.25) is 14.9 Å². The van der Waals surface area contributed by atoms with Crippen LogP contribution in [0.3, 0.4) is 0 Å². The van der Waals surface area contributed by atoms with Crippen LogP contribution in [0.5, 0.6) is 0 Å². The van der Waals surface area contributed by atoms with Gasteiger partial charge in [-0.15, -0.1) is 0 Å². The predicted octanol–water partition coefficient (Wildman–Crippen LogP) is 2.25. The molecule has 0 aromatic heterocycles. The van der Waals surface area contributed by atoms with Crippen LogP contribution in [0.25, 0.3) is 0 Å². The van der Waals surface area contributed by atoms with Gasteiger partial charge in [-0.05, 0) is 17.7 Å². The number of nitro benzene ring substituents is 1. The summed E-state index contributed by atoms with van der Waals surface area (Å²) in [4.78, 5) is 21.9. The third-order valence-electron chi connectivity index (χ3n) is 3.42. The van der Waals surface area contributed by atoms with Crippen LogP contribution in [0.15, 0.2) is 54.6 Å². The number of benzene rings is 2. The fourth-order valence-corrected chi connectivity index (χ4v) is 2.15. The predicted molar refractivity (Wildman–Crippen MR) is 90.6 cm³/mol. The summed E-state index contributed by atoms with van der Waals surface area (Å²) < 4.78 is 0. The van der Waals surface area contributed by atoms with Gasteiger partial charge in [0.1, 0.15) is 0 Å². The van der Waals surface area contributed by atoms with Crippen LogP contribution in [0, 0.1) is 10.1 Å². The Kier molecular flexibility index (Phi) is 6.27. The third-order valence-corrected chi connectivity index (χ3v) is 3.42. The normalized spacial score (nSPS) is 11.5. The fourth-order valence-electron chi connectivity index (χ4n) is 2.15. The zero-order valence-corrected chi connectivity index (χ0v) is 13.0. The van der Waals surface area contributed by atoms with E-state index in [1.165, 1.54) is 12.1 Å². The second-order valence-electron chi connectivity index (χ2n) is 5.21. The van der Waals surface area contributed by atoms with Crippen molar-refractivity contribution in [2.24, 2.45) is 0 Å². The van der Waals surface area contributed by atoms with Crippen LogP contribution >= 0.6 is 0 Å². The largest absolute Gasteiger partial charge is 0.388 e. The number of aliphatic hydroxyl groups is 1. The summed E-state index contributed by atoms with van der Waals surface area (Å²) in [6, 6.07) is 15.1. The maximum atomic E-state index is 11.8. The van der Waals surface area contributed by atoms with Gasteiger partial charge >= 0.3 is 0 Å². The molecule has 0 saturated carbocycles. The van der Waals surface area contributed by atoms with Crippen molar-refractivity contribution in [2.75, 3.05) is 18.4 Å². The molecule has 0 aliphatic carbocycles. The first-order valence-electron chi connectivity index (χ1n) is 7.54. The molecule has 7 nitrogen and oxygen atoms in total. The van der Waals surface area contributed by atoms with E-state index in [0.717, 1.165) is 5.69 Å². The Morgan fingerprint density at radius 2 is 1.75 bits per heavy atom. The fraction of sp³-hybridized carbons (Fsp3) is 0.235. The highest BCUT2D eigenvalue weighted by Gasteiger charge is 2.12. The Bertz CT molecular complexity index is 674. The molecule has 24 heavy (non-hydrogen) atoms. The monoisotopic (exact) mass is 329 g/mol. The molecule has 2 rings (SSSR count). The standard InChI is InChI=1S/C17H19N3O4/c21-16(13-4-2-1-3-5-13)12-17(22)19-11-10-18-14-6-8-15(9-7-14)20(23)24/h1-9,16,18,21H,10-12H2,(H,19,22). The number of rotatable bonds is 8. The SMILES string of the molecule is O=C(CC(O)c1ccccc1)NCCNc1ccc([N+](=O)[O-])cc1. The first kappa shape index (κ1) is 17.4. The molecule has 0 fully saturated rings. The zero-order chi connectivity index (χ0) is 17.4. The molecular formula is C17H19N3O4. The molecule has 0 spiro atoms. The second kappa shape index (κ2) is 8.64. The van der Waals surface area contributed by atoms with E-state index >= 15 is 0 Å². The van der Waals surface area contributed by atoms with E-state index in [1.807, 2.05) is 18.2 Å². The number of nitrogens with zero attached hydrogens (tertiary/aromatic N) is 1. The third kappa shape index (κ3) is 5.36. The Morgan fingerprint density at radius 1 is 1.08 bits per heavy atom. The maximum Gasteiger partial charge on any atom is 0.269 e. The Labute approximate surface area is 139 Å². The summed E-state index contributed by atoms with van der Waals surface area (Å²) in [6.07, 6.45) is -0.824. The van der Waals surface area contributed by atoms with Gasteiger partial charge < -0.3 is 15.7 Å². The average molecular weight is 329 g/mol. The van der Waals surface area contributed by atoms with Crippen molar-refractivity contribution < 1.29 is 14.8 Å². The number of anilines is 1. The van der Waals surface area contributed by atoms with Crippen LogP contribution in [-0.2, 0) is 4.79 Å². The molecule has 1 amide bonds. The van der Waals surface area contributed by atoms with Crippen molar-refractivity contribution in [1.82, 2.24) is 5.32 Å². The molecule has 0 radical (unpaired) electrons. The Hall–Kier alpha value is -2.93. The van der Waals surface area contributed by atoms with Crippen molar-refractivity contribution in [2.45, 2.75) is 12.5 Å². The highest BCUT2D eigenvalue weighted by atomic mass is 16.6. The summed E-state index contributed by atoms with van der Waals surface area (Å²) in [7, 11) is 0. The number of hydrogen-bond acceptors (Lipinski definition) is 5. The van der Waals surface area contributed by atoms with Crippen LogP contribution in [0.4, 0.5) is 11.4 Å². The minimum Gasteiger partial charge on any atom is -0.388 e. The van der Waals surface area contributed by atoms with Gasteiger partial charge in [0.2, 0.25) is 5.91 Å². The quantitative estimate of drug-likeness (QED) is 0.391. The topological polar surface area (TPSA) is 104 Å². The van der Waals surface area contributed by atoms with Gasteiger partial charge in [0.15, 0.2) is 0 Å². The smallest absolute Gasteiger partial charge is 0.269 e. The molecular weight excluding hydrogens is 310 g/mol. The summed E-state index contributed by atoms with van der Waals surface area (Å²) in [5, 5.41) is 26.3. The maximum absolute atomic E-state index is 11.8. The Balaban J connectivity index is 1.68. The summed E-state index contributed by atoms with van der Waals surface area (Å²) in [5.74, 6) is -0.239. The van der Waals surface area contributed by atoms with Crippen molar-refractivity contribution >= 4 is 17.3 Å². The van der Waals surface area contributed by atoms with Crippen molar-refractivity contribution in [1.29, 1.82) is 0 Å². The number of aliphatic hydroxyl groups excluding tert-OH is 1. The van der Waals surface area contributed by atoms with Gasteiger partial charge in [-0.2, -0.15) is 0 Å². The highest BCUT2D eigenvalue weighted by molar-refractivity contribution is 5.76. The van der Waals surface area contributed by atoms with E-state index in [4.69, 9.17) is 0 Å². The van der Waals surface area contributed by atoms with Gasteiger partial charge in [0.05, 0.1) is 17.4 Å². The van der Waals surface area contributed by atoms with Gasteiger partial charge in [0.25, 0.3) is 5.69 Å². The van der Waals surface area contributed by atoms with E-state index in [1.54, 1.807) is 24.3 Å². The number of nitro groups is 1. The van der Waals surface area contributed by atoms with Crippen LogP contribution < -0.4 is 10.6 Å². The molecule has 7 heteroatoms. The van der Waals surface area contributed by atoms with E-state index in [0.29, 0.717) is 18.7 Å². The van der Waals surface area contributed by atoms with Crippen LogP contribution in [0.2, 0.25) is 0 Å². The second-order valence-corrected chi connectivity index (χ2v) is 5.21. The molecule has 2 aromatic carbocycles. The minimum atomic E-state index is -0.825. The van der Waals surface area contributed by atoms with Crippen LogP contribution in [-0.4, -0.2) is 29.0 Å². The highest BCUT2D eigenvalue weighted by Crippen LogP contribution is 2.16. The number of carbonyl (C=O) groups excluding carboxylic acids is 1. The van der Waals surface area contributed by atoms with E-state index in [2.05, 4.69) is 10.6 Å². The van der Waals surface area contributed by atoms with Gasteiger partial charge in [-0.1, -0.05) is 30.3 Å². The molecule has 0 bridgehead atoms. The van der Waals surface area contributed by atoms with E-state index < -0.39 is 11.0 Å². The molecule has 0 heterocycles. The number of hydrogen-bond donors (Lipinski definition) is 3.